The zero-order valence-electron chi connectivity index (χ0n) is 15.9. The predicted molar refractivity (Wildman–Crippen MR) is 109 cm³/mol. The molecule has 8 heteroatoms. The van der Waals surface area contributed by atoms with E-state index in [1.807, 2.05) is 12.1 Å². The summed E-state index contributed by atoms with van der Waals surface area (Å²) in [7, 11) is 3.04. The highest BCUT2D eigenvalue weighted by atomic mass is 35.5. The topological polar surface area (TPSA) is 90.3 Å². The number of aromatic nitrogens is 2. The molecule has 0 fully saturated rings. The average molecular weight is 412 g/mol. The number of ether oxygens (including phenoxy) is 2. The second-order valence-corrected chi connectivity index (χ2v) is 6.40. The molecule has 1 aromatic heterocycles. The van der Waals surface area contributed by atoms with Gasteiger partial charge < -0.3 is 13.9 Å². The van der Waals surface area contributed by atoms with Crippen molar-refractivity contribution >= 4 is 23.8 Å². The van der Waals surface area contributed by atoms with E-state index in [2.05, 4.69) is 11.2 Å². The summed E-state index contributed by atoms with van der Waals surface area (Å²) in [6, 6.07) is 12.7. The van der Waals surface area contributed by atoms with Crippen LogP contribution < -0.4 is 15.2 Å². The molecule has 2 aromatic carbocycles. The van der Waals surface area contributed by atoms with Crippen molar-refractivity contribution in [3.05, 3.63) is 74.6 Å². The van der Waals surface area contributed by atoms with Crippen LogP contribution in [0.25, 0.3) is 12.2 Å². The minimum absolute atomic E-state index is 0.167. The molecule has 0 bridgehead atoms. The predicted octanol–water partition coefficient (Wildman–Crippen LogP) is 3.79. The van der Waals surface area contributed by atoms with E-state index in [0.29, 0.717) is 40.6 Å². The number of nitrogens with zero attached hydrogens (tertiary/aromatic N) is 3. The van der Waals surface area contributed by atoms with E-state index in [4.69, 9.17) is 30.8 Å². The lowest BCUT2D eigenvalue weighted by Crippen LogP contribution is -2.17. The summed E-state index contributed by atoms with van der Waals surface area (Å²) < 4.78 is 16.9. The molecule has 0 aliphatic carbocycles. The van der Waals surface area contributed by atoms with E-state index in [-0.39, 0.29) is 5.89 Å². The van der Waals surface area contributed by atoms with Crippen molar-refractivity contribution in [2.45, 2.75) is 13.0 Å². The normalized spacial score (nSPS) is 10.8. The van der Waals surface area contributed by atoms with E-state index in [9.17, 15) is 4.79 Å². The number of halogens is 1. The van der Waals surface area contributed by atoms with Crippen LogP contribution >= 0.6 is 11.6 Å². The van der Waals surface area contributed by atoms with Crippen LogP contribution in [0.5, 0.6) is 11.5 Å². The lowest BCUT2D eigenvalue weighted by Gasteiger charge is -2.10. The molecule has 0 aliphatic rings. The molecule has 0 radical (unpaired) electrons. The van der Waals surface area contributed by atoms with Crippen molar-refractivity contribution in [1.29, 1.82) is 5.26 Å². The van der Waals surface area contributed by atoms with Gasteiger partial charge in [0.2, 0.25) is 5.89 Å². The summed E-state index contributed by atoms with van der Waals surface area (Å²) in [6.45, 7) is 0.360. The van der Waals surface area contributed by atoms with Gasteiger partial charge in [0.25, 0.3) is 0 Å². The lowest BCUT2D eigenvalue weighted by molar-refractivity contribution is 0.355. The highest BCUT2D eigenvalue weighted by Gasteiger charge is 2.12. The molecule has 0 N–H and O–H groups in total. The summed E-state index contributed by atoms with van der Waals surface area (Å²) in [6.07, 6.45) is 3.83. The molecule has 0 atom stereocenters. The van der Waals surface area contributed by atoms with E-state index in [1.165, 1.54) is 18.9 Å². The van der Waals surface area contributed by atoms with Crippen molar-refractivity contribution in [3.63, 3.8) is 0 Å². The van der Waals surface area contributed by atoms with Crippen LogP contribution in [0.3, 0.4) is 0 Å². The Balaban J connectivity index is 1.73. The minimum atomic E-state index is -0.545. The van der Waals surface area contributed by atoms with Crippen LogP contribution in [0, 0.1) is 11.3 Å². The molecule has 7 nitrogen and oxygen atoms in total. The first-order valence-corrected chi connectivity index (χ1v) is 9.09. The van der Waals surface area contributed by atoms with Gasteiger partial charge >= 0.3 is 5.76 Å². The Morgan fingerprint density at radius 2 is 1.93 bits per heavy atom. The Morgan fingerprint density at radius 3 is 2.59 bits per heavy atom. The van der Waals surface area contributed by atoms with E-state index >= 15 is 0 Å². The average Bonchev–Trinajstić information content (AvgIpc) is 3.10. The standard InChI is InChI=1S/C21H18ClN3O4/c1-27-17-9-7-16(19(22)20(17)28-2)8-10-18-24-25(21(26)29-18)12-11-14-3-5-15(13-23)6-4-14/h3-10H,11-12H2,1-2H3. The van der Waals surface area contributed by atoms with Crippen molar-refractivity contribution in [2.75, 3.05) is 14.2 Å². The van der Waals surface area contributed by atoms with Gasteiger partial charge in [-0.2, -0.15) is 9.94 Å². The Kier molecular flexibility index (Phi) is 6.37. The largest absolute Gasteiger partial charge is 0.493 e. The number of rotatable bonds is 7. The lowest BCUT2D eigenvalue weighted by atomic mass is 10.1. The molecule has 29 heavy (non-hydrogen) atoms. The molecule has 1 heterocycles. The maximum absolute atomic E-state index is 12.0. The molecule has 3 rings (SSSR count). The second-order valence-electron chi connectivity index (χ2n) is 6.03. The molecule has 3 aromatic rings. The van der Waals surface area contributed by atoms with Crippen LogP contribution in [0.1, 0.15) is 22.6 Å². The van der Waals surface area contributed by atoms with Crippen LogP contribution in [0.15, 0.2) is 45.6 Å². The fourth-order valence-electron chi connectivity index (χ4n) is 2.71. The molecule has 148 valence electrons. The highest BCUT2D eigenvalue weighted by Crippen LogP contribution is 2.37. The highest BCUT2D eigenvalue weighted by molar-refractivity contribution is 6.33. The Bertz CT molecular complexity index is 1120. The summed E-state index contributed by atoms with van der Waals surface area (Å²) in [5, 5.41) is 13.4. The summed E-state index contributed by atoms with van der Waals surface area (Å²) >= 11 is 6.34. The second kappa shape index (κ2) is 9.13. The number of hydrogen-bond acceptors (Lipinski definition) is 6. The van der Waals surface area contributed by atoms with Crippen molar-refractivity contribution in [3.8, 4) is 17.6 Å². The van der Waals surface area contributed by atoms with E-state index < -0.39 is 5.76 Å². The molecule has 0 aliphatic heterocycles. The quantitative estimate of drug-likeness (QED) is 0.587. The molecule has 0 saturated carbocycles. The monoisotopic (exact) mass is 411 g/mol. The minimum Gasteiger partial charge on any atom is -0.493 e. The third kappa shape index (κ3) is 4.68. The number of benzene rings is 2. The van der Waals surface area contributed by atoms with E-state index in [1.54, 1.807) is 36.4 Å². The summed E-state index contributed by atoms with van der Waals surface area (Å²) in [4.78, 5) is 12.0. The number of hydrogen-bond donors (Lipinski definition) is 0. The summed E-state index contributed by atoms with van der Waals surface area (Å²) in [5.41, 5.74) is 2.25. The van der Waals surface area contributed by atoms with Gasteiger partial charge in [-0.25, -0.2) is 4.79 Å². The van der Waals surface area contributed by atoms with Gasteiger partial charge in [0.1, 0.15) is 0 Å². The fourth-order valence-corrected chi connectivity index (χ4v) is 3.00. The third-order valence-corrected chi connectivity index (χ3v) is 4.63. The van der Waals surface area contributed by atoms with Crippen LogP contribution in [-0.2, 0) is 13.0 Å². The van der Waals surface area contributed by atoms with Gasteiger partial charge in [-0.15, -0.1) is 5.10 Å². The van der Waals surface area contributed by atoms with Crippen molar-refractivity contribution in [2.24, 2.45) is 0 Å². The Hall–Kier alpha value is -3.50. The van der Waals surface area contributed by atoms with Gasteiger partial charge in [-0.1, -0.05) is 23.7 Å². The zero-order valence-corrected chi connectivity index (χ0v) is 16.6. The fraction of sp³-hybridized carbons (Fsp3) is 0.190. The zero-order chi connectivity index (χ0) is 20.8. The molecule has 0 saturated heterocycles. The smallest absolute Gasteiger partial charge is 0.437 e. The van der Waals surface area contributed by atoms with E-state index in [0.717, 1.165) is 5.56 Å². The first-order chi connectivity index (χ1) is 14.0. The molecular weight excluding hydrogens is 394 g/mol. The van der Waals surface area contributed by atoms with Crippen LogP contribution in [0.2, 0.25) is 5.02 Å². The van der Waals surface area contributed by atoms with Crippen molar-refractivity contribution < 1.29 is 13.9 Å². The first kappa shape index (κ1) is 20.2. The number of aryl methyl sites for hydroxylation is 2. The van der Waals surface area contributed by atoms with Crippen LogP contribution in [0.4, 0.5) is 0 Å². The maximum atomic E-state index is 12.0. The van der Waals surface area contributed by atoms with Gasteiger partial charge in [0, 0.05) is 6.08 Å². The van der Waals surface area contributed by atoms with Crippen LogP contribution in [-0.4, -0.2) is 24.0 Å². The SMILES string of the molecule is COc1ccc(C=Cc2nn(CCc3ccc(C#N)cc3)c(=O)o2)c(Cl)c1OC. The first-order valence-electron chi connectivity index (χ1n) is 8.71. The van der Waals surface area contributed by atoms with Crippen molar-refractivity contribution in [1.82, 2.24) is 9.78 Å². The Morgan fingerprint density at radius 1 is 1.17 bits per heavy atom. The molecular formula is C21H18ClN3O4. The molecule has 0 amide bonds. The number of nitriles is 1. The molecule has 0 spiro atoms. The molecule has 0 unspecified atom stereocenters. The third-order valence-electron chi connectivity index (χ3n) is 4.24. The van der Waals surface area contributed by atoms with Gasteiger partial charge in [-0.3, -0.25) is 0 Å². The van der Waals surface area contributed by atoms with Gasteiger partial charge in [0.05, 0.1) is 37.4 Å². The van der Waals surface area contributed by atoms with Gasteiger partial charge in [-0.05, 0) is 47.9 Å². The van der Waals surface area contributed by atoms with Gasteiger partial charge in [0.15, 0.2) is 11.5 Å². The number of methoxy groups -OCH3 is 2. The summed E-state index contributed by atoms with van der Waals surface area (Å²) in [5.74, 6) is 0.566. The Labute approximate surface area is 172 Å². The maximum Gasteiger partial charge on any atom is 0.437 e.